The van der Waals surface area contributed by atoms with E-state index in [9.17, 15) is 12.8 Å². The van der Waals surface area contributed by atoms with Crippen LogP contribution in [-0.2, 0) is 10.0 Å². The topological polar surface area (TPSA) is 40.6 Å². The molecule has 0 spiro atoms. The van der Waals surface area contributed by atoms with E-state index < -0.39 is 15.8 Å². The number of likely N-dealkylation sites (N-methyl/N-ethyl adjacent to an activating group) is 2. The highest BCUT2D eigenvalue weighted by Gasteiger charge is 2.29. The number of hydrogen-bond acceptors (Lipinski definition) is 3. The van der Waals surface area contributed by atoms with Crippen molar-refractivity contribution in [1.82, 2.24) is 9.21 Å². The molecule has 0 radical (unpaired) electrons. The van der Waals surface area contributed by atoms with Crippen molar-refractivity contribution in [1.29, 1.82) is 0 Å². The van der Waals surface area contributed by atoms with E-state index in [-0.39, 0.29) is 10.9 Å². The Morgan fingerprint density at radius 3 is 2.60 bits per heavy atom. The van der Waals surface area contributed by atoms with Crippen LogP contribution in [0.1, 0.15) is 19.8 Å². The molecule has 1 aromatic rings. The fraction of sp³-hybridized carbons (Fsp3) is 0.571. The van der Waals surface area contributed by atoms with Gasteiger partial charge in [-0.05, 0) is 50.2 Å². The molecule has 0 N–H and O–H groups in total. The number of benzene rings is 1. The number of nitrogens with zero attached hydrogens (tertiary/aromatic N) is 2. The molecule has 0 saturated carbocycles. The molecule has 2 rings (SSSR count). The van der Waals surface area contributed by atoms with Gasteiger partial charge in [0.25, 0.3) is 0 Å². The van der Waals surface area contributed by atoms with E-state index in [1.807, 2.05) is 0 Å². The fourth-order valence-electron chi connectivity index (χ4n) is 2.70. The Kier molecular flexibility index (Phi) is 4.78. The highest BCUT2D eigenvalue weighted by Crippen LogP contribution is 2.21. The molecule has 20 heavy (non-hydrogen) atoms. The number of likely N-dealkylation sites (tertiary alicyclic amines) is 1. The van der Waals surface area contributed by atoms with Crippen molar-refractivity contribution >= 4 is 10.0 Å². The zero-order valence-corrected chi connectivity index (χ0v) is 12.7. The summed E-state index contributed by atoms with van der Waals surface area (Å²) in [6, 6.07) is 5.25. The molecular formula is C14H21FN2O2S. The number of sulfonamides is 1. The van der Waals surface area contributed by atoms with Gasteiger partial charge >= 0.3 is 0 Å². The Balaban J connectivity index is 2.11. The molecule has 4 nitrogen and oxygen atoms in total. The Hall–Kier alpha value is -0.980. The minimum atomic E-state index is -3.53. The van der Waals surface area contributed by atoms with E-state index in [0.29, 0.717) is 6.54 Å². The summed E-state index contributed by atoms with van der Waals surface area (Å²) < 4.78 is 39.1. The van der Waals surface area contributed by atoms with Crippen molar-refractivity contribution in [3.8, 4) is 0 Å². The molecule has 0 amide bonds. The van der Waals surface area contributed by atoms with Crippen LogP contribution in [0, 0.1) is 5.82 Å². The van der Waals surface area contributed by atoms with Crippen LogP contribution in [0.2, 0.25) is 0 Å². The van der Waals surface area contributed by atoms with Crippen molar-refractivity contribution in [2.75, 3.05) is 26.7 Å². The zero-order chi connectivity index (χ0) is 14.8. The summed E-state index contributed by atoms with van der Waals surface area (Å²) in [5.74, 6) is -0.431. The van der Waals surface area contributed by atoms with Crippen LogP contribution >= 0.6 is 0 Å². The predicted molar refractivity (Wildman–Crippen MR) is 76.5 cm³/mol. The summed E-state index contributed by atoms with van der Waals surface area (Å²) in [7, 11) is -1.95. The number of rotatable bonds is 5. The molecule has 6 heteroatoms. The van der Waals surface area contributed by atoms with Gasteiger partial charge in [-0.2, -0.15) is 4.31 Å². The van der Waals surface area contributed by atoms with E-state index in [1.54, 1.807) is 7.05 Å². The van der Waals surface area contributed by atoms with Gasteiger partial charge in [0.2, 0.25) is 10.0 Å². The Morgan fingerprint density at radius 2 is 2.00 bits per heavy atom. The van der Waals surface area contributed by atoms with E-state index >= 15 is 0 Å². The molecule has 1 aromatic carbocycles. The highest BCUT2D eigenvalue weighted by atomic mass is 32.2. The van der Waals surface area contributed by atoms with Crippen molar-refractivity contribution < 1.29 is 12.8 Å². The molecule has 0 aromatic heterocycles. The van der Waals surface area contributed by atoms with E-state index in [0.717, 1.165) is 25.9 Å². The predicted octanol–water partition coefficient (Wildman–Crippen LogP) is 1.93. The van der Waals surface area contributed by atoms with E-state index in [4.69, 9.17) is 0 Å². The van der Waals surface area contributed by atoms with E-state index in [2.05, 4.69) is 11.8 Å². The molecule has 112 valence electrons. The van der Waals surface area contributed by atoms with Gasteiger partial charge < -0.3 is 0 Å². The quantitative estimate of drug-likeness (QED) is 0.834. The smallest absolute Gasteiger partial charge is 0.242 e. The van der Waals surface area contributed by atoms with E-state index in [1.165, 1.54) is 28.6 Å². The largest absolute Gasteiger partial charge is 0.299 e. The molecule has 0 aliphatic carbocycles. The molecular weight excluding hydrogens is 279 g/mol. The van der Waals surface area contributed by atoms with Crippen LogP contribution in [-0.4, -0.2) is 50.3 Å². The molecule has 1 heterocycles. The molecule has 0 bridgehead atoms. The van der Waals surface area contributed by atoms with Gasteiger partial charge in [0.15, 0.2) is 0 Å². The van der Waals surface area contributed by atoms with Crippen LogP contribution in [0.15, 0.2) is 29.2 Å². The average molecular weight is 300 g/mol. The fourth-order valence-corrected chi connectivity index (χ4v) is 3.91. The lowest BCUT2D eigenvalue weighted by atomic mass is 10.2. The van der Waals surface area contributed by atoms with Crippen LogP contribution in [0.25, 0.3) is 0 Å². The van der Waals surface area contributed by atoms with Gasteiger partial charge in [-0.3, -0.25) is 4.90 Å². The summed E-state index contributed by atoms with van der Waals surface area (Å²) >= 11 is 0. The van der Waals surface area contributed by atoms with Crippen molar-refractivity contribution in [3.63, 3.8) is 0 Å². The van der Waals surface area contributed by atoms with Crippen molar-refractivity contribution in [3.05, 3.63) is 30.1 Å². The maximum atomic E-state index is 12.9. The van der Waals surface area contributed by atoms with Gasteiger partial charge in [0, 0.05) is 19.6 Å². The summed E-state index contributed by atoms with van der Waals surface area (Å²) in [6.07, 6.45) is 2.14. The first-order valence-electron chi connectivity index (χ1n) is 6.91. The van der Waals surface area contributed by atoms with Crippen LogP contribution in [0.4, 0.5) is 4.39 Å². The summed E-state index contributed by atoms with van der Waals surface area (Å²) in [4.78, 5) is 2.44. The Bertz CT molecular complexity index is 545. The normalized spacial score (nSPS) is 20.7. The molecule has 1 saturated heterocycles. The molecule has 1 aliphatic rings. The van der Waals surface area contributed by atoms with Crippen molar-refractivity contribution in [2.24, 2.45) is 0 Å². The maximum Gasteiger partial charge on any atom is 0.242 e. The average Bonchev–Trinajstić information content (AvgIpc) is 2.86. The first-order chi connectivity index (χ1) is 9.45. The van der Waals surface area contributed by atoms with Crippen LogP contribution in [0.5, 0.6) is 0 Å². The van der Waals surface area contributed by atoms with Gasteiger partial charge in [-0.1, -0.05) is 6.92 Å². The maximum absolute atomic E-state index is 12.9. The van der Waals surface area contributed by atoms with Crippen molar-refractivity contribution in [2.45, 2.75) is 30.7 Å². The van der Waals surface area contributed by atoms with Gasteiger partial charge in [0.1, 0.15) is 5.82 Å². The van der Waals surface area contributed by atoms with Crippen LogP contribution < -0.4 is 0 Å². The van der Waals surface area contributed by atoms with Crippen LogP contribution in [0.3, 0.4) is 0 Å². The minimum Gasteiger partial charge on any atom is -0.299 e. The third-order valence-corrected chi connectivity index (χ3v) is 5.73. The highest BCUT2D eigenvalue weighted by molar-refractivity contribution is 7.89. The SMILES string of the molecule is CCN1CCCC1CN(C)S(=O)(=O)c1ccc(F)cc1. The second-order valence-electron chi connectivity index (χ2n) is 5.16. The lowest BCUT2D eigenvalue weighted by Gasteiger charge is -2.27. The van der Waals surface area contributed by atoms with Gasteiger partial charge in [-0.15, -0.1) is 0 Å². The zero-order valence-electron chi connectivity index (χ0n) is 11.9. The number of hydrogen-bond donors (Lipinski definition) is 0. The Morgan fingerprint density at radius 1 is 1.35 bits per heavy atom. The third kappa shape index (κ3) is 3.19. The van der Waals surface area contributed by atoms with Gasteiger partial charge in [-0.25, -0.2) is 12.8 Å². The standard InChI is InChI=1S/C14H21FN2O2S/c1-3-17-10-4-5-13(17)11-16(2)20(18,19)14-8-6-12(15)7-9-14/h6-9,13H,3-5,10-11H2,1-2H3. The third-order valence-electron chi connectivity index (χ3n) is 3.89. The second kappa shape index (κ2) is 6.20. The summed E-state index contributed by atoms with van der Waals surface area (Å²) in [6.45, 7) is 4.54. The minimum absolute atomic E-state index is 0.141. The summed E-state index contributed by atoms with van der Waals surface area (Å²) in [5.41, 5.74) is 0. The molecule has 1 atom stereocenters. The first-order valence-corrected chi connectivity index (χ1v) is 8.35. The lowest BCUT2D eigenvalue weighted by Crippen LogP contribution is -2.41. The van der Waals surface area contributed by atoms with Gasteiger partial charge in [0.05, 0.1) is 4.90 Å². The molecule has 1 unspecified atom stereocenters. The molecule has 1 fully saturated rings. The monoisotopic (exact) mass is 300 g/mol. The lowest BCUT2D eigenvalue weighted by molar-refractivity contribution is 0.237. The second-order valence-corrected chi connectivity index (χ2v) is 7.21. The number of halogens is 1. The first kappa shape index (κ1) is 15.4. The summed E-state index contributed by atoms with van der Waals surface area (Å²) in [5, 5.41) is 0. The molecule has 1 aliphatic heterocycles. The Labute approximate surface area is 120 Å².